The first-order valence-corrected chi connectivity index (χ1v) is 7.87. The van der Waals surface area contributed by atoms with Gasteiger partial charge in [0, 0.05) is 36.3 Å². The molecule has 1 N–H and O–H groups in total. The maximum atomic E-state index is 12.3. The molecule has 110 valence electrons. The van der Waals surface area contributed by atoms with E-state index in [2.05, 4.69) is 17.1 Å². The van der Waals surface area contributed by atoms with E-state index in [4.69, 9.17) is 11.6 Å². The number of piperidine rings is 1. The van der Waals surface area contributed by atoms with Crippen molar-refractivity contribution in [2.75, 3.05) is 18.4 Å². The Hall–Kier alpha value is -1.22. The quantitative estimate of drug-likeness (QED) is 0.892. The summed E-state index contributed by atoms with van der Waals surface area (Å²) in [6.07, 6.45) is 5.18. The van der Waals surface area contributed by atoms with Crippen LogP contribution in [0.25, 0.3) is 0 Å². The first-order valence-electron chi connectivity index (χ1n) is 7.49. The van der Waals surface area contributed by atoms with Gasteiger partial charge in [-0.3, -0.25) is 4.79 Å². The fourth-order valence-electron chi connectivity index (χ4n) is 2.78. The van der Waals surface area contributed by atoms with Crippen molar-refractivity contribution in [3.63, 3.8) is 0 Å². The number of benzene rings is 1. The van der Waals surface area contributed by atoms with Crippen LogP contribution in [0.1, 0.15) is 39.0 Å². The third-order valence-electron chi connectivity index (χ3n) is 3.93. The van der Waals surface area contributed by atoms with E-state index >= 15 is 0 Å². The minimum Gasteiger partial charge on any atom is -0.385 e. The molecule has 20 heavy (non-hydrogen) atoms. The highest BCUT2D eigenvalue weighted by molar-refractivity contribution is 6.30. The summed E-state index contributed by atoms with van der Waals surface area (Å²) in [6.45, 7) is 3.77. The van der Waals surface area contributed by atoms with Gasteiger partial charge in [0.2, 0.25) is 5.91 Å². The molecule has 0 saturated carbocycles. The highest BCUT2D eigenvalue weighted by Crippen LogP contribution is 2.20. The van der Waals surface area contributed by atoms with Crippen LogP contribution in [0.15, 0.2) is 24.3 Å². The largest absolute Gasteiger partial charge is 0.385 e. The first kappa shape index (κ1) is 15.2. The van der Waals surface area contributed by atoms with Crippen LogP contribution in [0.2, 0.25) is 5.02 Å². The molecular formula is C16H23ClN2O. The van der Waals surface area contributed by atoms with Crippen LogP contribution in [0.4, 0.5) is 5.69 Å². The summed E-state index contributed by atoms with van der Waals surface area (Å²) in [5.41, 5.74) is 1.01. The Balaban J connectivity index is 1.78. The normalized spacial score (nSPS) is 18.9. The van der Waals surface area contributed by atoms with Gasteiger partial charge in [0.1, 0.15) is 0 Å². The van der Waals surface area contributed by atoms with Crippen LogP contribution in [0.3, 0.4) is 0 Å². The van der Waals surface area contributed by atoms with E-state index in [1.807, 2.05) is 24.3 Å². The van der Waals surface area contributed by atoms with Gasteiger partial charge >= 0.3 is 0 Å². The first-order chi connectivity index (χ1) is 9.70. The molecule has 1 unspecified atom stereocenters. The molecule has 0 aromatic heterocycles. The molecule has 0 aliphatic carbocycles. The van der Waals surface area contributed by atoms with Crippen molar-refractivity contribution in [1.29, 1.82) is 0 Å². The molecule has 0 bridgehead atoms. The molecule has 0 radical (unpaired) electrons. The number of amides is 1. The predicted octanol–water partition coefficient (Wildman–Crippen LogP) is 3.93. The maximum absolute atomic E-state index is 12.3. The standard InChI is InChI=1S/C16H23ClN2O/c1-2-15-5-3-4-12-19(15)16(20)10-11-18-14-8-6-13(17)7-9-14/h6-9,15,18H,2-5,10-12H2,1H3. The summed E-state index contributed by atoms with van der Waals surface area (Å²) in [7, 11) is 0. The van der Waals surface area contributed by atoms with E-state index in [1.165, 1.54) is 6.42 Å². The Morgan fingerprint density at radius 1 is 1.35 bits per heavy atom. The molecule has 1 heterocycles. The third-order valence-corrected chi connectivity index (χ3v) is 4.18. The van der Waals surface area contributed by atoms with Crippen molar-refractivity contribution >= 4 is 23.2 Å². The van der Waals surface area contributed by atoms with E-state index < -0.39 is 0 Å². The lowest BCUT2D eigenvalue weighted by atomic mass is 9.99. The molecule has 1 aliphatic rings. The van der Waals surface area contributed by atoms with Gasteiger partial charge in [-0.15, -0.1) is 0 Å². The molecule has 1 atom stereocenters. The summed E-state index contributed by atoms with van der Waals surface area (Å²) >= 11 is 5.84. The Kier molecular flexibility index (Phi) is 5.72. The molecule has 1 amide bonds. The lowest BCUT2D eigenvalue weighted by molar-refractivity contribution is -0.134. The number of nitrogens with one attached hydrogen (secondary N) is 1. The van der Waals surface area contributed by atoms with E-state index in [0.29, 0.717) is 19.0 Å². The van der Waals surface area contributed by atoms with Crippen molar-refractivity contribution in [3.8, 4) is 0 Å². The van der Waals surface area contributed by atoms with Crippen LogP contribution in [-0.4, -0.2) is 29.9 Å². The number of nitrogens with zero attached hydrogens (tertiary/aromatic N) is 1. The average molecular weight is 295 g/mol. The summed E-state index contributed by atoms with van der Waals surface area (Å²) < 4.78 is 0. The van der Waals surface area contributed by atoms with Crippen LogP contribution in [0, 0.1) is 0 Å². The molecular weight excluding hydrogens is 272 g/mol. The molecule has 4 heteroatoms. The smallest absolute Gasteiger partial charge is 0.224 e. The van der Waals surface area contributed by atoms with E-state index in [-0.39, 0.29) is 5.91 Å². The van der Waals surface area contributed by atoms with Gasteiger partial charge in [-0.1, -0.05) is 18.5 Å². The topological polar surface area (TPSA) is 32.3 Å². The molecule has 1 aromatic rings. The zero-order valence-electron chi connectivity index (χ0n) is 12.1. The number of halogens is 1. The number of hydrogen-bond donors (Lipinski definition) is 1. The summed E-state index contributed by atoms with van der Waals surface area (Å²) in [5.74, 6) is 0.276. The van der Waals surface area contributed by atoms with Crippen molar-refractivity contribution < 1.29 is 4.79 Å². The van der Waals surface area contributed by atoms with E-state index in [1.54, 1.807) is 0 Å². The van der Waals surface area contributed by atoms with Crippen LogP contribution >= 0.6 is 11.6 Å². The highest BCUT2D eigenvalue weighted by atomic mass is 35.5. The Bertz CT molecular complexity index is 433. The number of rotatable bonds is 5. The molecule has 1 fully saturated rings. The predicted molar refractivity (Wildman–Crippen MR) is 84.2 cm³/mol. The van der Waals surface area contributed by atoms with Crippen LogP contribution < -0.4 is 5.32 Å². The minimum atomic E-state index is 0.276. The third kappa shape index (κ3) is 4.14. The minimum absolute atomic E-state index is 0.276. The van der Waals surface area contributed by atoms with Crippen molar-refractivity contribution in [2.24, 2.45) is 0 Å². The second kappa shape index (κ2) is 7.53. The Labute approximate surface area is 126 Å². The number of carbonyl (C=O) groups excluding carboxylic acids is 1. The zero-order chi connectivity index (χ0) is 14.4. The van der Waals surface area contributed by atoms with Gasteiger partial charge in [-0.05, 0) is 49.9 Å². The maximum Gasteiger partial charge on any atom is 0.224 e. The molecule has 2 rings (SSSR count). The number of carbonyl (C=O) groups is 1. The van der Waals surface area contributed by atoms with Crippen LogP contribution in [-0.2, 0) is 4.79 Å². The van der Waals surface area contributed by atoms with Crippen molar-refractivity contribution in [2.45, 2.75) is 45.1 Å². The second-order valence-electron chi connectivity index (χ2n) is 5.33. The summed E-state index contributed by atoms with van der Waals surface area (Å²) in [5, 5.41) is 4.00. The average Bonchev–Trinajstić information content (AvgIpc) is 2.49. The fourth-order valence-corrected chi connectivity index (χ4v) is 2.90. The molecule has 0 spiro atoms. The van der Waals surface area contributed by atoms with E-state index in [9.17, 15) is 4.79 Å². The number of anilines is 1. The summed E-state index contributed by atoms with van der Waals surface area (Å²) in [6, 6.07) is 8.02. The van der Waals surface area contributed by atoms with Gasteiger partial charge < -0.3 is 10.2 Å². The number of hydrogen-bond acceptors (Lipinski definition) is 2. The second-order valence-corrected chi connectivity index (χ2v) is 5.77. The van der Waals surface area contributed by atoms with Gasteiger partial charge in [0.25, 0.3) is 0 Å². The monoisotopic (exact) mass is 294 g/mol. The van der Waals surface area contributed by atoms with Crippen LogP contribution in [0.5, 0.6) is 0 Å². The molecule has 1 saturated heterocycles. The van der Waals surface area contributed by atoms with Crippen molar-refractivity contribution in [1.82, 2.24) is 4.90 Å². The molecule has 1 aliphatic heterocycles. The SMILES string of the molecule is CCC1CCCCN1C(=O)CCNc1ccc(Cl)cc1. The van der Waals surface area contributed by atoms with Gasteiger partial charge in [-0.2, -0.15) is 0 Å². The fraction of sp³-hybridized carbons (Fsp3) is 0.562. The molecule has 3 nitrogen and oxygen atoms in total. The van der Waals surface area contributed by atoms with E-state index in [0.717, 1.165) is 36.5 Å². The van der Waals surface area contributed by atoms with Crippen molar-refractivity contribution in [3.05, 3.63) is 29.3 Å². The lowest BCUT2D eigenvalue weighted by Gasteiger charge is -2.35. The Morgan fingerprint density at radius 3 is 2.80 bits per heavy atom. The Morgan fingerprint density at radius 2 is 2.10 bits per heavy atom. The van der Waals surface area contributed by atoms with Gasteiger partial charge in [0.15, 0.2) is 0 Å². The molecule has 1 aromatic carbocycles. The van der Waals surface area contributed by atoms with Gasteiger partial charge in [0.05, 0.1) is 0 Å². The van der Waals surface area contributed by atoms with Gasteiger partial charge in [-0.25, -0.2) is 0 Å². The number of likely N-dealkylation sites (tertiary alicyclic amines) is 1. The highest BCUT2D eigenvalue weighted by Gasteiger charge is 2.24. The summed E-state index contributed by atoms with van der Waals surface area (Å²) in [4.78, 5) is 14.4. The zero-order valence-corrected chi connectivity index (χ0v) is 12.8. The lowest BCUT2D eigenvalue weighted by Crippen LogP contribution is -2.43.